The van der Waals surface area contributed by atoms with Crippen LogP contribution in [0.4, 0.5) is 16.3 Å². The largest absolute Gasteiger partial charge is 0.497 e. The lowest BCUT2D eigenvalue weighted by atomic mass is 10.1. The molecule has 0 unspecified atom stereocenters. The van der Waals surface area contributed by atoms with E-state index in [0.29, 0.717) is 76.4 Å². The highest BCUT2D eigenvalue weighted by Crippen LogP contribution is 2.46. The first-order chi connectivity index (χ1) is 17.7. The normalized spacial score (nSPS) is 15.1. The predicted molar refractivity (Wildman–Crippen MR) is 146 cm³/mol. The number of amides is 1. The molecule has 0 saturated carbocycles. The average Bonchev–Trinajstić information content (AvgIpc) is 3.34. The molecule has 2 aliphatic heterocycles. The summed E-state index contributed by atoms with van der Waals surface area (Å²) in [6.07, 6.45) is 2.33. The highest BCUT2D eigenvalue weighted by molar-refractivity contribution is 6.34. The van der Waals surface area contributed by atoms with Gasteiger partial charge in [0.2, 0.25) is 6.79 Å². The van der Waals surface area contributed by atoms with Crippen molar-refractivity contribution in [2.75, 3.05) is 32.3 Å². The Balaban J connectivity index is 0.00000336. The van der Waals surface area contributed by atoms with E-state index in [1.165, 1.54) is 6.33 Å². The van der Waals surface area contributed by atoms with Crippen LogP contribution < -0.4 is 24.3 Å². The lowest BCUT2D eigenvalue weighted by Crippen LogP contribution is -2.44. The third-order valence-electron chi connectivity index (χ3n) is 6.03. The second kappa shape index (κ2) is 11.2. The van der Waals surface area contributed by atoms with Crippen molar-refractivity contribution in [2.45, 2.75) is 45.3 Å². The number of halogens is 2. The first-order valence-electron chi connectivity index (χ1n) is 12.0. The van der Waals surface area contributed by atoms with E-state index < -0.39 is 5.60 Å². The molecule has 204 valence electrons. The Morgan fingerprint density at radius 1 is 1.16 bits per heavy atom. The summed E-state index contributed by atoms with van der Waals surface area (Å²) in [4.78, 5) is 23.1. The van der Waals surface area contributed by atoms with Gasteiger partial charge in [-0.25, -0.2) is 14.8 Å². The molecule has 1 N–H and O–H groups in total. The predicted octanol–water partition coefficient (Wildman–Crippen LogP) is 5.96. The standard InChI is InChI=1S/C26H29ClN4O6.ClH/c1-26(2,3)37-25(32)31-9-7-15(8-10-31)36-20-12-16(33-4)11-18-21(20)24(29-13-28-18)30-22-17(27)5-6-19-23(22)35-14-34-19;/h5-6,11-13,15H,7-10,14H2,1-4H3,(H,28,29,30);1H. The summed E-state index contributed by atoms with van der Waals surface area (Å²) >= 11 is 6.50. The fourth-order valence-electron chi connectivity index (χ4n) is 4.28. The fraction of sp³-hybridized carbons (Fsp3) is 0.423. The van der Waals surface area contributed by atoms with Gasteiger partial charge in [0.05, 0.1) is 23.0 Å². The number of piperidine rings is 1. The molecule has 1 aromatic heterocycles. The molecule has 1 amide bonds. The molecule has 0 aliphatic carbocycles. The van der Waals surface area contributed by atoms with E-state index in [4.69, 9.17) is 35.3 Å². The van der Waals surface area contributed by atoms with E-state index in [9.17, 15) is 4.79 Å². The highest BCUT2D eigenvalue weighted by Gasteiger charge is 2.29. The maximum atomic E-state index is 12.5. The Labute approximate surface area is 231 Å². The summed E-state index contributed by atoms with van der Waals surface area (Å²) in [7, 11) is 1.59. The molecule has 3 aromatic rings. The van der Waals surface area contributed by atoms with Gasteiger partial charge in [0.1, 0.15) is 41.0 Å². The van der Waals surface area contributed by atoms with Crippen LogP contribution in [0.1, 0.15) is 33.6 Å². The monoisotopic (exact) mass is 564 g/mol. The van der Waals surface area contributed by atoms with Gasteiger partial charge >= 0.3 is 6.09 Å². The van der Waals surface area contributed by atoms with Gasteiger partial charge in [0.25, 0.3) is 0 Å². The number of benzene rings is 2. The number of nitrogens with zero attached hydrogens (tertiary/aromatic N) is 3. The Morgan fingerprint density at radius 2 is 1.92 bits per heavy atom. The first-order valence-corrected chi connectivity index (χ1v) is 12.4. The van der Waals surface area contributed by atoms with Crippen molar-refractivity contribution in [1.82, 2.24) is 14.9 Å². The zero-order chi connectivity index (χ0) is 26.2. The number of likely N-dealkylation sites (tertiary alicyclic amines) is 1. The van der Waals surface area contributed by atoms with E-state index in [-0.39, 0.29) is 31.4 Å². The molecule has 12 heteroatoms. The molecule has 0 spiro atoms. The number of methoxy groups -OCH3 is 1. The summed E-state index contributed by atoms with van der Waals surface area (Å²) < 4.78 is 28.6. The number of ether oxygens (including phenoxy) is 5. The molecule has 1 fully saturated rings. The summed E-state index contributed by atoms with van der Waals surface area (Å²) in [5.74, 6) is 2.78. The van der Waals surface area contributed by atoms with Crippen molar-refractivity contribution in [1.29, 1.82) is 0 Å². The number of nitrogens with one attached hydrogen (secondary N) is 1. The van der Waals surface area contributed by atoms with Gasteiger partial charge in [-0.05, 0) is 32.9 Å². The summed E-state index contributed by atoms with van der Waals surface area (Å²) in [5.41, 5.74) is 0.648. The van der Waals surface area contributed by atoms with Gasteiger partial charge in [0.15, 0.2) is 11.5 Å². The summed E-state index contributed by atoms with van der Waals surface area (Å²) in [6.45, 7) is 6.76. The van der Waals surface area contributed by atoms with E-state index >= 15 is 0 Å². The third-order valence-corrected chi connectivity index (χ3v) is 6.35. The maximum Gasteiger partial charge on any atom is 0.410 e. The van der Waals surface area contributed by atoms with Gasteiger partial charge in [-0.1, -0.05) is 11.6 Å². The summed E-state index contributed by atoms with van der Waals surface area (Å²) in [5, 5.41) is 4.43. The van der Waals surface area contributed by atoms with Gasteiger partial charge in [0, 0.05) is 38.1 Å². The zero-order valence-corrected chi connectivity index (χ0v) is 23.1. The van der Waals surface area contributed by atoms with Crippen LogP contribution in [0.25, 0.3) is 10.9 Å². The van der Waals surface area contributed by atoms with Gasteiger partial charge < -0.3 is 33.9 Å². The molecule has 3 heterocycles. The molecule has 10 nitrogen and oxygen atoms in total. The number of carbonyl (C=O) groups is 1. The maximum absolute atomic E-state index is 12.5. The topological polar surface area (TPSA) is 104 Å². The molecule has 1 saturated heterocycles. The van der Waals surface area contributed by atoms with Crippen molar-refractivity contribution in [3.05, 3.63) is 35.6 Å². The molecule has 38 heavy (non-hydrogen) atoms. The first kappa shape index (κ1) is 27.7. The van der Waals surface area contributed by atoms with Crippen LogP contribution >= 0.6 is 24.0 Å². The van der Waals surface area contributed by atoms with Crippen molar-refractivity contribution < 1.29 is 28.5 Å². The van der Waals surface area contributed by atoms with E-state index in [1.54, 1.807) is 24.1 Å². The quantitative estimate of drug-likeness (QED) is 0.401. The van der Waals surface area contributed by atoms with Crippen molar-refractivity contribution in [3.8, 4) is 23.0 Å². The number of fused-ring (bicyclic) bond motifs is 2. The summed E-state index contributed by atoms with van der Waals surface area (Å²) in [6, 6.07) is 7.13. The number of hydrogen-bond donors (Lipinski definition) is 1. The van der Waals surface area contributed by atoms with Gasteiger partial charge in [-0.15, -0.1) is 12.4 Å². The molecule has 0 radical (unpaired) electrons. The third kappa shape index (κ3) is 5.86. The Morgan fingerprint density at radius 3 is 2.63 bits per heavy atom. The lowest BCUT2D eigenvalue weighted by molar-refractivity contribution is 0.0128. The van der Waals surface area contributed by atoms with Crippen molar-refractivity contribution >= 4 is 52.5 Å². The minimum absolute atomic E-state index is 0. The van der Waals surface area contributed by atoms with Crippen LogP contribution in [-0.4, -0.2) is 59.7 Å². The van der Waals surface area contributed by atoms with Crippen LogP contribution in [0.3, 0.4) is 0 Å². The van der Waals surface area contributed by atoms with E-state index in [1.807, 2.05) is 32.9 Å². The SMILES string of the molecule is COc1cc(OC2CCN(C(=O)OC(C)(C)C)CC2)c2c(Nc3c(Cl)ccc4c3OCO4)ncnc2c1.Cl. The number of carbonyl (C=O) groups excluding carboxylic acids is 1. The van der Waals surface area contributed by atoms with E-state index in [2.05, 4.69) is 15.3 Å². The number of hydrogen-bond acceptors (Lipinski definition) is 9. The highest BCUT2D eigenvalue weighted by atomic mass is 35.5. The van der Waals surface area contributed by atoms with Gasteiger partial charge in [-0.2, -0.15) is 0 Å². The van der Waals surface area contributed by atoms with Crippen LogP contribution in [-0.2, 0) is 4.74 Å². The average molecular weight is 565 g/mol. The second-order valence-electron chi connectivity index (χ2n) is 9.81. The molecule has 2 aliphatic rings. The van der Waals surface area contributed by atoms with Crippen molar-refractivity contribution in [2.24, 2.45) is 0 Å². The fourth-order valence-corrected chi connectivity index (χ4v) is 4.48. The number of anilines is 2. The van der Waals surface area contributed by atoms with Gasteiger partial charge in [-0.3, -0.25) is 0 Å². The van der Waals surface area contributed by atoms with Crippen LogP contribution in [0.15, 0.2) is 30.6 Å². The number of rotatable bonds is 5. The van der Waals surface area contributed by atoms with E-state index in [0.717, 1.165) is 0 Å². The molecular formula is C26H30Cl2N4O6. The van der Waals surface area contributed by atoms with Crippen LogP contribution in [0.2, 0.25) is 5.02 Å². The Hall–Kier alpha value is -3.37. The number of aromatic nitrogens is 2. The Kier molecular flexibility index (Phi) is 8.13. The molecule has 0 bridgehead atoms. The minimum atomic E-state index is -0.535. The lowest BCUT2D eigenvalue weighted by Gasteiger charge is -2.33. The molecule has 0 atom stereocenters. The van der Waals surface area contributed by atoms with Crippen molar-refractivity contribution in [3.63, 3.8) is 0 Å². The second-order valence-corrected chi connectivity index (χ2v) is 10.2. The minimum Gasteiger partial charge on any atom is -0.497 e. The Bertz CT molecular complexity index is 1330. The van der Waals surface area contributed by atoms with Crippen LogP contribution in [0, 0.1) is 0 Å². The molecule has 5 rings (SSSR count). The smallest absolute Gasteiger partial charge is 0.410 e. The molecular weight excluding hydrogens is 535 g/mol. The molecule has 2 aromatic carbocycles. The zero-order valence-electron chi connectivity index (χ0n) is 21.6. The van der Waals surface area contributed by atoms with Crippen LogP contribution in [0.5, 0.6) is 23.0 Å².